The number of nitrogens with one attached hydrogen (secondary N) is 1. The first kappa shape index (κ1) is 12.1. The molecule has 2 rings (SSSR count). The standard InChI is InChI=1S/C14H15N3O/c1-9-5-6-11(15)8-13(9)17-14(18)12-4-3-7-16-10(12)2/h3-8H,15H2,1-2H3,(H,17,18). The molecule has 1 aromatic heterocycles. The SMILES string of the molecule is Cc1ccc(N)cc1NC(=O)c1cccnc1C. The van der Waals surface area contributed by atoms with Gasteiger partial charge in [0, 0.05) is 23.3 Å². The lowest BCUT2D eigenvalue weighted by atomic mass is 10.1. The number of benzene rings is 1. The number of hydrogen-bond donors (Lipinski definition) is 2. The highest BCUT2D eigenvalue weighted by atomic mass is 16.1. The van der Waals surface area contributed by atoms with Gasteiger partial charge in [0.1, 0.15) is 0 Å². The van der Waals surface area contributed by atoms with E-state index in [9.17, 15) is 4.79 Å². The summed E-state index contributed by atoms with van der Waals surface area (Å²) >= 11 is 0. The molecule has 0 fully saturated rings. The summed E-state index contributed by atoms with van der Waals surface area (Å²) in [5, 5.41) is 2.85. The first-order chi connectivity index (χ1) is 8.58. The summed E-state index contributed by atoms with van der Waals surface area (Å²) in [6.07, 6.45) is 1.66. The minimum atomic E-state index is -0.172. The number of nitrogens with zero attached hydrogens (tertiary/aromatic N) is 1. The van der Waals surface area contributed by atoms with Gasteiger partial charge in [0.15, 0.2) is 0 Å². The average Bonchev–Trinajstić information content (AvgIpc) is 2.34. The molecule has 0 saturated heterocycles. The van der Waals surface area contributed by atoms with Gasteiger partial charge in [-0.25, -0.2) is 0 Å². The topological polar surface area (TPSA) is 68.0 Å². The van der Waals surface area contributed by atoms with Crippen LogP contribution in [0.4, 0.5) is 11.4 Å². The molecule has 0 atom stereocenters. The van der Waals surface area contributed by atoms with Crippen molar-refractivity contribution in [2.45, 2.75) is 13.8 Å². The summed E-state index contributed by atoms with van der Waals surface area (Å²) in [5.41, 5.74) is 9.30. The first-order valence-corrected chi connectivity index (χ1v) is 5.67. The Hall–Kier alpha value is -2.36. The normalized spacial score (nSPS) is 10.1. The van der Waals surface area contributed by atoms with E-state index >= 15 is 0 Å². The van der Waals surface area contributed by atoms with Gasteiger partial charge in [0.05, 0.1) is 5.56 Å². The van der Waals surface area contributed by atoms with Crippen molar-refractivity contribution in [3.63, 3.8) is 0 Å². The molecule has 0 aliphatic heterocycles. The van der Waals surface area contributed by atoms with Gasteiger partial charge in [0.25, 0.3) is 5.91 Å². The molecule has 1 aromatic carbocycles. The Kier molecular flexibility index (Phi) is 3.28. The molecule has 0 bridgehead atoms. The van der Waals surface area contributed by atoms with E-state index in [2.05, 4.69) is 10.3 Å². The third-order valence-electron chi connectivity index (χ3n) is 2.76. The fraction of sp³-hybridized carbons (Fsp3) is 0.143. The Bertz CT molecular complexity index is 593. The second-order valence-corrected chi connectivity index (χ2v) is 4.16. The van der Waals surface area contributed by atoms with E-state index in [0.717, 1.165) is 11.3 Å². The maximum absolute atomic E-state index is 12.1. The highest BCUT2D eigenvalue weighted by Crippen LogP contribution is 2.19. The van der Waals surface area contributed by atoms with Gasteiger partial charge in [-0.15, -0.1) is 0 Å². The second-order valence-electron chi connectivity index (χ2n) is 4.16. The van der Waals surface area contributed by atoms with E-state index < -0.39 is 0 Å². The van der Waals surface area contributed by atoms with E-state index in [4.69, 9.17) is 5.73 Å². The number of carbonyl (C=O) groups is 1. The molecule has 1 heterocycles. The summed E-state index contributed by atoms with van der Waals surface area (Å²) < 4.78 is 0. The van der Waals surface area contributed by atoms with Gasteiger partial charge < -0.3 is 11.1 Å². The zero-order valence-electron chi connectivity index (χ0n) is 10.4. The average molecular weight is 241 g/mol. The van der Waals surface area contributed by atoms with Crippen molar-refractivity contribution in [3.05, 3.63) is 53.3 Å². The highest BCUT2D eigenvalue weighted by molar-refractivity contribution is 6.05. The molecule has 92 valence electrons. The van der Waals surface area contributed by atoms with E-state index in [1.165, 1.54) is 0 Å². The fourth-order valence-electron chi connectivity index (χ4n) is 1.69. The van der Waals surface area contributed by atoms with Crippen molar-refractivity contribution in [3.8, 4) is 0 Å². The van der Waals surface area contributed by atoms with Crippen LogP contribution in [0.2, 0.25) is 0 Å². The third kappa shape index (κ3) is 2.48. The van der Waals surface area contributed by atoms with E-state index in [1.807, 2.05) is 13.0 Å². The molecule has 3 N–H and O–H groups in total. The van der Waals surface area contributed by atoms with Gasteiger partial charge in [-0.05, 0) is 43.7 Å². The number of aromatic nitrogens is 1. The molecular weight excluding hydrogens is 226 g/mol. The van der Waals surface area contributed by atoms with Crippen LogP contribution in [-0.4, -0.2) is 10.9 Å². The lowest BCUT2D eigenvalue weighted by molar-refractivity contribution is 0.102. The highest BCUT2D eigenvalue weighted by Gasteiger charge is 2.10. The minimum absolute atomic E-state index is 0.172. The van der Waals surface area contributed by atoms with E-state index in [1.54, 1.807) is 37.4 Å². The number of nitrogen functional groups attached to an aromatic ring is 1. The van der Waals surface area contributed by atoms with Crippen molar-refractivity contribution < 1.29 is 4.79 Å². The van der Waals surface area contributed by atoms with Crippen LogP contribution in [0.5, 0.6) is 0 Å². The Labute approximate surface area is 106 Å². The predicted octanol–water partition coefficient (Wildman–Crippen LogP) is 2.53. The van der Waals surface area contributed by atoms with Gasteiger partial charge in [0.2, 0.25) is 0 Å². The van der Waals surface area contributed by atoms with Crippen LogP contribution in [0.25, 0.3) is 0 Å². The smallest absolute Gasteiger partial charge is 0.257 e. The summed E-state index contributed by atoms with van der Waals surface area (Å²) in [6.45, 7) is 3.73. The third-order valence-corrected chi connectivity index (χ3v) is 2.76. The molecule has 0 unspecified atom stereocenters. The number of nitrogens with two attached hydrogens (primary N) is 1. The molecule has 4 heteroatoms. The van der Waals surface area contributed by atoms with Crippen molar-refractivity contribution in [1.29, 1.82) is 0 Å². The number of hydrogen-bond acceptors (Lipinski definition) is 3. The molecule has 4 nitrogen and oxygen atoms in total. The fourth-order valence-corrected chi connectivity index (χ4v) is 1.69. The van der Waals surface area contributed by atoms with Crippen LogP contribution in [0.3, 0.4) is 0 Å². The summed E-state index contributed by atoms with van der Waals surface area (Å²) in [7, 11) is 0. The number of anilines is 2. The van der Waals surface area contributed by atoms with Crippen LogP contribution >= 0.6 is 0 Å². The van der Waals surface area contributed by atoms with Crippen molar-refractivity contribution in [2.75, 3.05) is 11.1 Å². The maximum Gasteiger partial charge on any atom is 0.257 e. The van der Waals surface area contributed by atoms with Gasteiger partial charge in [-0.3, -0.25) is 9.78 Å². The number of rotatable bonds is 2. The molecular formula is C14H15N3O. The zero-order chi connectivity index (χ0) is 13.1. The first-order valence-electron chi connectivity index (χ1n) is 5.67. The Morgan fingerprint density at radius 3 is 2.78 bits per heavy atom. The van der Waals surface area contributed by atoms with Crippen molar-refractivity contribution >= 4 is 17.3 Å². The van der Waals surface area contributed by atoms with Gasteiger partial charge in [-0.1, -0.05) is 6.07 Å². The van der Waals surface area contributed by atoms with Crippen molar-refractivity contribution in [1.82, 2.24) is 4.98 Å². The van der Waals surface area contributed by atoms with Crippen LogP contribution in [0.15, 0.2) is 36.5 Å². The minimum Gasteiger partial charge on any atom is -0.399 e. The van der Waals surface area contributed by atoms with Crippen LogP contribution in [0.1, 0.15) is 21.6 Å². The zero-order valence-corrected chi connectivity index (χ0v) is 10.4. The van der Waals surface area contributed by atoms with Gasteiger partial charge in [-0.2, -0.15) is 0 Å². The number of carbonyl (C=O) groups excluding carboxylic acids is 1. The molecule has 18 heavy (non-hydrogen) atoms. The summed E-state index contributed by atoms with van der Waals surface area (Å²) in [6, 6.07) is 8.92. The van der Waals surface area contributed by atoms with E-state index in [0.29, 0.717) is 16.9 Å². The number of aryl methyl sites for hydroxylation is 2. The van der Waals surface area contributed by atoms with Crippen LogP contribution in [-0.2, 0) is 0 Å². The molecule has 0 radical (unpaired) electrons. The Morgan fingerprint density at radius 2 is 2.06 bits per heavy atom. The molecule has 1 amide bonds. The molecule has 0 aliphatic rings. The van der Waals surface area contributed by atoms with E-state index in [-0.39, 0.29) is 5.91 Å². The molecule has 0 saturated carbocycles. The maximum atomic E-state index is 12.1. The predicted molar refractivity (Wildman–Crippen MR) is 72.5 cm³/mol. The molecule has 2 aromatic rings. The lowest BCUT2D eigenvalue weighted by Gasteiger charge is -2.10. The van der Waals surface area contributed by atoms with Crippen molar-refractivity contribution in [2.24, 2.45) is 0 Å². The summed E-state index contributed by atoms with van der Waals surface area (Å²) in [4.78, 5) is 16.2. The summed E-state index contributed by atoms with van der Waals surface area (Å²) in [5.74, 6) is -0.172. The Morgan fingerprint density at radius 1 is 1.28 bits per heavy atom. The quantitative estimate of drug-likeness (QED) is 0.794. The lowest BCUT2D eigenvalue weighted by Crippen LogP contribution is -2.14. The van der Waals surface area contributed by atoms with Crippen LogP contribution < -0.4 is 11.1 Å². The van der Waals surface area contributed by atoms with Gasteiger partial charge >= 0.3 is 0 Å². The molecule has 0 aliphatic carbocycles. The molecule has 0 spiro atoms. The monoisotopic (exact) mass is 241 g/mol. The second kappa shape index (κ2) is 4.87. The van der Waals surface area contributed by atoms with Crippen LogP contribution in [0, 0.1) is 13.8 Å². The number of pyridine rings is 1. The Balaban J connectivity index is 2.27. The largest absolute Gasteiger partial charge is 0.399 e. The number of amides is 1.